The van der Waals surface area contributed by atoms with Gasteiger partial charge in [-0.15, -0.1) is 0 Å². The van der Waals surface area contributed by atoms with Crippen molar-refractivity contribution in [3.63, 3.8) is 0 Å². The van der Waals surface area contributed by atoms with Gasteiger partial charge >= 0.3 is 0 Å². The number of ether oxygens (including phenoxy) is 2. The van der Waals surface area contributed by atoms with Gasteiger partial charge in [0, 0.05) is 25.6 Å². The average molecular weight is 212 g/mol. The van der Waals surface area contributed by atoms with Gasteiger partial charge in [0.2, 0.25) is 0 Å². The Hall–Kier alpha value is -0.380. The van der Waals surface area contributed by atoms with Crippen molar-refractivity contribution < 1.29 is 14.6 Å². The van der Waals surface area contributed by atoms with Crippen LogP contribution in [0.2, 0.25) is 0 Å². The van der Waals surface area contributed by atoms with Gasteiger partial charge in [-0.05, 0) is 25.7 Å². The van der Waals surface area contributed by atoms with Crippen LogP contribution in [0, 0.1) is 11.8 Å². The molecule has 3 nitrogen and oxygen atoms in total. The van der Waals surface area contributed by atoms with Gasteiger partial charge in [0.25, 0.3) is 0 Å². The van der Waals surface area contributed by atoms with Gasteiger partial charge < -0.3 is 14.6 Å². The molecule has 2 rings (SSSR count). The molecule has 0 radical (unpaired) electrons. The lowest BCUT2D eigenvalue weighted by molar-refractivity contribution is -0.0473. The second-order valence-corrected chi connectivity index (χ2v) is 4.58. The topological polar surface area (TPSA) is 38.7 Å². The zero-order valence-electron chi connectivity index (χ0n) is 9.32. The Morgan fingerprint density at radius 3 is 2.53 bits per heavy atom. The van der Waals surface area contributed by atoms with Crippen LogP contribution >= 0.6 is 0 Å². The summed E-state index contributed by atoms with van der Waals surface area (Å²) in [5, 5.41) is 10.5. The van der Waals surface area contributed by atoms with Crippen LogP contribution in [-0.4, -0.2) is 31.2 Å². The Morgan fingerprint density at radius 2 is 2.00 bits per heavy atom. The fourth-order valence-corrected chi connectivity index (χ4v) is 2.90. The molecule has 1 fully saturated rings. The first-order valence-electron chi connectivity index (χ1n) is 5.75. The lowest BCUT2D eigenvalue weighted by atomic mass is 9.86. The third-order valence-corrected chi connectivity index (χ3v) is 3.72. The predicted molar refractivity (Wildman–Crippen MR) is 57.4 cm³/mol. The molecule has 0 spiro atoms. The normalized spacial score (nSPS) is 37.7. The molecular formula is C12H20O3. The summed E-state index contributed by atoms with van der Waals surface area (Å²) in [6, 6.07) is 0. The van der Waals surface area contributed by atoms with E-state index in [9.17, 15) is 5.11 Å². The second-order valence-electron chi connectivity index (χ2n) is 4.58. The second kappa shape index (κ2) is 4.64. The maximum atomic E-state index is 10.5. The Morgan fingerprint density at radius 1 is 1.33 bits per heavy atom. The first-order valence-corrected chi connectivity index (χ1v) is 5.75. The summed E-state index contributed by atoms with van der Waals surface area (Å²) in [4.78, 5) is 0. The van der Waals surface area contributed by atoms with E-state index in [1.807, 2.05) is 0 Å². The lowest BCUT2D eigenvalue weighted by Gasteiger charge is -2.28. The molecule has 0 aromatic heterocycles. The van der Waals surface area contributed by atoms with Gasteiger partial charge in [-0.1, -0.05) is 12.2 Å². The maximum absolute atomic E-state index is 10.5. The third-order valence-electron chi connectivity index (χ3n) is 3.72. The van der Waals surface area contributed by atoms with Gasteiger partial charge in [-0.25, -0.2) is 0 Å². The molecule has 3 heteroatoms. The highest BCUT2D eigenvalue weighted by atomic mass is 16.7. The molecule has 1 saturated carbocycles. The highest BCUT2D eigenvalue weighted by molar-refractivity contribution is 5.19. The summed E-state index contributed by atoms with van der Waals surface area (Å²) in [6.45, 7) is 1.03. The minimum Gasteiger partial charge on any atom is -0.389 e. The molecule has 2 bridgehead atoms. The van der Waals surface area contributed by atoms with E-state index in [1.165, 1.54) is 0 Å². The molecule has 0 aromatic rings. The van der Waals surface area contributed by atoms with E-state index >= 15 is 0 Å². The van der Waals surface area contributed by atoms with Crippen LogP contribution in [0.3, 0.4) is 0 Å². The molecule has 2 aliphatic carbocycles. The smallest absolute Gasteiger partial charge is 0.146 e. The summed E-state index contributed by atoms with van der Waals surface area (Å²) >= 11 is 0. The van der Waals surface area contributed by atoms with Gasteiger partial charge in [0.05, 0.1) is 5.60 Å². The van der Waals surface area contributed by atoms with Crippen LogP contribution in [0.1, 0.15) is 25.7 Å². The molecule has 15 heavy (non-hydrogen) atoms. The van der Waals surface area contributed by atoms with E-state index in [2.05, 4.69) is 12.2 Å². The monoisotopic (exact) mass is 212 g/mol. The average Bonchev–Trinajstić information content (AvgIpc) is 2.72. The summed E-state index contributed by atoms with van der Waals surface area (Å²) < 4.78 is 10.0. The van der Waals surface area contributed by atoms with Crippen molar-refractivity contribution in [1.82, 2.24) is 0 Å². The molecule has 0 saturated heterocycles. The molecule has 0 aromatic carbocycles. The Bertz CT molecular complexity index is 223. The summed E-state index contributed by atoms with van der Waals surface area (Å²) in [7, 11) is 1.62. The van der Waals surface area contributed by atoms with Crippen molar-refractivity contribution in [3.8, 4) is 0 Å². The van der Waals surface area contributed by atoms with Crippen LogP contribution in [0.15, 0.2) is 12.2 Å². The highest BCUT2D eigenvalue weighted by Gasteiger charge is 2.49. The molecule has 2 aliphatic rings. The fraction of sp³-hybridized carbons (Fsp3) is 0.833. The Kier molecular flexibility index (Phi) is 3.44. The summed E-state index contributed by atoms with van der Waals surface area (Å²) in [6.07, 6.45) is 8.43. The third kappa shape index (κ3) is 2.10. The molecule has 3 atom stereocenters. The highest BCUT2D eigenvalue weighted by Crippen LogP contribution is 2.49. The summed E-state index contributed by atoms with van der Waals surface area (Å²) in [5.74, 6) is 0.787. The van der Waals surface area contributed by atoms with Crippen molar-refractivity contribution in [2.75, 3.05) is 20.5 Å². The first kappa shape index (κ1) is 11.1. The quantitative estimate of drug-likeness (QED) is 0.414. The molecule has 1 N–H and O–H groups in total. The Balaban J connectivity index is 1.71. The van der Waals surface area contributed by atoms with Crippen LogP contribution in [0.4, 0.5) is 0 Å². The van der Waals surface area contributed by atoms with E-state index in [0.29, 0.717) is 25.2 Å². The molecule has 0 amide bonds. The van der Waals surface area contributed by atoms with Gasteiger partial charge in [-0.2, -0.15) is 0 Å². The van der Waals surface area contributed by atoms with Gasteiger partial charge in [0.15, 0.2) is 0 Å². The number of hydrogen-bond acceptors (Lipinski definition) is 3. The van der Waals surface area contributed by atoms with Crippen molar-refractivity contribution in [2.45, 2.75) is 31.3 Å². The molecule has 1 unspecified atom stereocenters. The van der Waals surface area contributed by atoms with Crippen molar-refractivity contribution in [2.24, 2.45) is 11.8 Å². The Labute approximate surface area is 91.1 Å². The van der Waals surface area contributed by atoms with Gasteiger partial charge in [0.1, 0.15) is 6.79 Å². The van der Waals surface area contributed by atoms with Crippen molar-refractivity contribution in [1.29, 1.82) is 0 Å². The largest absolute Gasteiger partial charge is 0.389 e. The molecule has 0 aliphatic heterocycles. The minimum atomic E-state index is -0.462. The van der Waals surface area contributed by atoms with E-state index in [4.69, 9.17) is 9.47 Å². The van der Waals surface area contributed by atoms with E-state index in [1.54, 1.807) is 7.11 Å². The van der Waals surface area contributed by atoms with Crippen LogP contribution in [-0.2, 0) is 9.47 Å². The molecular weight excluding hydrogens is 192 g/mol. The molecule has 0 heterocycles. The number of hydrogen-bond donors (Lipinski definition) is 1. The standard InChI is InChI=1S/C12H20O3/c1-14-9-15-8-2-7-12(13)10-3-4-11(12)6-5-10/h3-4,10-11,13H,2,5-9H2,1H3/t10-,11+,12?. The number of aliphatic hydroxyl groups is 1. The minimum absolute atomic E-state index is 0.351. The number of methoxy groups -OCH3 is 1. The number of rotatable bonds is 6. The SMILES string of the molecule is COCOCCCC1(O)[C@@H]2C=C[C@H]1CC2. The van der Waals surface area contributed by atoms with E-state index in [0.717, 1.165) is 25.7 Å². The van der Waals surface area contributed by atoms with Crippen LogP contribution in [0.5, 0.6) is 0 Å². The van der Waals surface area contributed by atoms with Crippen molar-refractivity contribution in [3.05, 3.63) is 12.2 Å². The van der Waals surface area contributed by atoms with E-state index in [-0.39, 0.29) is 0 Å². The zero-order valence-corrected chi connectivity index (χ0v) is 9.32. The molecule has 86 valence electrons. The zero-order chi connectivity index (χ0) is 10.7. The fourth-order valence-electron chi connectivity index (χ4n) is 2.90. The summed E-state index contributed by atoms with van der Waals surface area (Å²) in [5.41, 5.74) is -0.462. The van der Waals surface area contributed by atoms with Crippen LogP contribution in [0.25, 0.3) is 0 Å². The van der Waals surface area contributed by atoms with Gasteiger partial charge in [-0.3, -0.25) is 0 Å². The number of fused-ring (bicyclic) bond motifs is 2. The predicted octanol–water partition coefficient (Wildman–Crippen LogP) is 1.71. The lowest BCUT2D eigenvalue weighted by Crippen LogP contribution is -2.35. The van der Waals surface area contributed by atoms with E-state index < -0.39 is 5.60 Å². The first-order chi connectivity index (χ1) is 7.27. The maximum Gasteiger partial charge on any atom is 0.146 e. The van der Waals surface area contributed by atoms with Crippen molar-refractivity contribution >= 4 is 0 Å². The van der Waals surface area contributed by atoms with Crippen LogP contribution < -0.4 is 0 Å².